The maximum atomic E-state index is 13.8. The Bertz CT molecular complexity index is 1200. The van der Waals surface area contributed by atoms with E-state index in [1.54, 1.807) is 16.7 Å². The summed E-state index contributed by atoms with van der Waals surface area (Å²) >= 11 is 1.07. The molecule has 2 aromatic carbocycles. The number of benzene rings is 2. The van der Waals surface area contributed by atoms with Crippen molar-refractivity contribution in [2.24, 2.45) is 0 Å². The lowest BCUT2D eigenvalue weighted by Gasteiger charge is -2.10. The lowest BCUT2D eigenvalue weighted by molar-refractivity contribution is -0.113. The topological polar surface area (TPSA) is 73.0 Å². The molecular weight excluding hydrogens is 429 g/mol. The molecule has 0 unspecified atom stereocenters. The smallest absolute Gasteiger partial charge is 0.234 e. The summed E-state index contributed by atoms with van der Waals surface area (Å²) in [5.74, 6) is -4.18. The Hall–Kier alpha value is -3.53. The third-order valence-corrected chi connectivity index (χ3v) is 5.25. The van der Waals surface area contributed by atoms with Crippen LogP contribution in [-0.2, 0) is 11.3 Å². The average Bonchev–Trinajstić information content (AvgIpc) is 3.43. The minimum atomic E-state index is -1.64. The number of hydrogen-bond donors (Lipinski definition) is 1. The number of nitrogens with zero attached hydrogens (tertiary/aromatic N) is 3. The molecule has 2 heterocycles. The van der Waals surface area contributed by atoms with E-state index in [1.165, 1.54) is 6.26 Å². The number of thioether (sulfide) groups is 1. The number of aromatic nitrogens is 3. The number of carbonyl (C=O) groups excluding carboxylic acids is 1. The van der Waals surface area contributed by atoms with Crippen molar-refractivity contribution in [1.82, 2.24) is 14.8 Å². The van der Waals surface area contributed by atoms with E-state index in [0.717, 1.165) is 29.5 Å². The van der Waals surface area contributed by atoms with Crippen molar-refractivity contribution in [3.63, 3.8) is 0 Å². The molecule has 2 aromatic heterocycles. The first-order valence-corrected chi connectivity index (χ1v) is 10.1. The van der Waals surface area contributed by atoms with Crippen LogP contribution in [0, 0.1) is 17.5 Å². The van der Waals surface area contributed by atoms with E-state index >= 15 is 0 Å². The van der Waals surface area contributed by atoms with Crippen LogP contribution in [0.5, 0.6) is 0 Å². The van der Waals surface area contributed by atoms with E-state index < -0.39 is 29.0 Å². The van der Waals surface area contributed by atoms with E-state index in [2.05, 4.69) is 15.5 Å². The third kappa shape index (κ3) is 4.64. The molecule has 0 saturated carbocycles. The zero-order valence-electron chi connectivity index (χ0n) is 15.9. The fraction of sp³-hybridized carbons (Fsp3) is 0.0952. The average molecular weight is 444 g/mol. The van der Waals surface area contributed by atoms with Crippen molar-refractivity contribution < 1.29 is 22.4 Å². The SMILES string of the molecule is O=C(CSc1nnc(-c2ccco2)n1Cc1ccccc1)Nc1ccc(F)c(F)c1F. The molecule has 0 aliphatic carbocycles. The molecule has 31 heavy (non-hydrogen) atoms. The van der Waals surface area contributed by atoms with Gasteiger partial charge in [-0.3, -0.25) is 9.36 Å². The molecule has 1 amide bonds. The van der Waals surface area contributed by atoms with Gasteiger partial charge >= 0.3 is 0 Å². The Morgan fingerprint density at radius 2 is 1.81 bits per heavy atom. The number of nitrogens with one attached hydrogen (secondary N) is 1. The first-order valence-electron chi connectivity index (χ1n) is 9.10. The molecule has 0 saturated heterocycles. The van der Waals surface area contributed by atoms with Gasteiger partial charge in [0.2, 0.25) is 11.7 Å². The summed E-state index contributed by atoms with van der Waals surface area (Å²) in [6.07, 6.45) is 1.52. The number of anilines is 1. The van der Waals surface area contributed by atoms with Gasteiger partial charge in [0, 0.05) is 0 Å². The second-order valence-electron chi connectivity index (χ2n) is 6.41. The standard InChI is InChI=1S/C21H15F3N4O2S/c22-14-8-9-15(19(24)18(14)23)25-17(29)12-31-21-27-26-20(16-7-4-10-30-16)28(21)11-13-5-2-1-3-6-13/h1-10H,11-12H2,(H,25,29). The van der Waals surface area contributed by atoms with Crippen LogP contribution in [-0.4, -0.2) is 26.4 Å². The van der Waals surface area contributed by atoms with Gasteiger partial charge in [0.1, 0.15) is 0 Å². The Kier molecular flexibility index (Phi) is 6.08. The number of furan rings is 1. The van der Waals surface area contributed by atoms with Crippen molar-refractivity contribution in [3.8, 4) is 11.6 Å². The van der Waals surface area contributed by atoms with Gasteiger partial charge in [0.05, 0.1) is 24.2 Å². The second kappa shape index (κ2) is 9.09. The van der Waals surface area contributed by atoms with Gasteiger partial charge in [-0.05, 0) is 29.8 Å². The fourth-order valence-electron chi connectivity index (χ4n) is 2.83. The number of amides is 1. The van der Waals surface area contributed by atoms with E-state index in [9.17, 15) is 18.0 Å². The fourth-order valence-corrected chi connectivity index (χ4v) is 3.57. The van der Waals surface area contributed by atoms with Crippen molar-refractivity contribution in [2.75, 3.05) is 11.1 Å². The van der Waals surface area contributed by atoms with Crippen LogP contribution >= 0.6 is 11.8 Å². The normalized spacial score (nSPS) is 10.9. The lowest BCUT2D eigenvalue weighted by atomic mass is 10.2. The van der Waals surface area contributed by atoms with Gasteiger partial charge in [-0.25, -0.2) is 13.2 Å². The predicted octanol–water partition coefficient (Wildman–Crippen LogP) is 4.73. The van der Waals surface area contributed by atoms with Crippen LogP contribution in [0.25, 0.3) is 11.6 Å². The van der Waals surface area contributed by atoms with Crippen molar-refractivity contribution in [2.45, 2.75) is 11.7 Å². The Labute approximate surface area is 179 Å². The van der Waals surface area contributed by atoms with Gasteiger partial charge in [0.25, 0.3) is 0 Å². The van der Waals surface area contributed by atoms with Crippen LogP contribution in [0.2, 0.25) is 0 Å². The molecule has 0 bridgehead atoms. The molecule has 4 rings (SSSR count). The number of hydrogen-bond acceptors (Lipinski definition) is 5. The molecule has 1 N–H and O–H groups in total. The van der Waals surface area contributed by atoms with Gasteiger partial charge < -0.3 is 9.73 Å². The Morgan fingerprint density at radius 1 is 1.00 bits per heavy atom. The highest BCUT2D eigenvalue weighted by atomic mass is 32.2. The predicted molar refractivity (Wildman–Crippen MR) is 109 cm³/mol. The minimum Gasteiger partial charge on any atom is -0.461 e. The van der Waals surface area contributed by atoms with Crippen LogP contribution < -0.4 is 5.32 Å². The summed E-state index contributed by atoms with van der Waals surface area (Å²) in [6, 6.07) is 14.8. The summed E-state index contributed by atoms with van der Waals surface area (Å²) in [6.45, 7) is 0.436. The van der Waals surface area contributed by atoms with Gasteiger partial charge in [-0.1, -0.05) is 42.1 Å². The maximum Gasteiger partial charge on any atom is 0.234 e. The zero-order valence-corrected chi connectivity index (χ0v) is 16.7. The highest BCUT2D eigenvalue weighted by molar-refractivity contribution is 7.99. The highest BCUT2D eigenvalue weighted by Crippen LogP contribution is 2.26. The van der Waals surface area contributed by atoms with Crippen molar-refractivity contribution >= 4 is 23.4 Å². The largest absolute Gasteiger partial charge is 0.461 e. The van der Waals surface area contributed by atoms with Crippen LogP contribution in [0.4, 0.5) is 18.9 Å². The molecule has 0 aliphatic heterocycles. The summed E-state index contributed by atoms with van der Waals surface area (Å²) < 4.78 is 47.4. The van der Waals surface area contributed by atoms with E-state index in [0.29, 0.717) is 23.3 Å². The van der Waals surface area contributed by atoms with Crippen molar-refractivity contribution in [3.05, 3.63) is 83.9 Å². The van der Waals surface area contributed by atoms with Gasteiger partial charge in [-0.15, -0.1) is 10.2 Å². The first kappa shape index (κ1) is 20.7. The van der Waals surface area contributed by atoms with Crippen molar-refractivity contribution in [1.29, 1.82) is 0 Å². The summed E-state index contributed by atoms with van der Waals surface area (Å²) in [4.78, 5) is 12.2. The Balaban J connectivity index is 1.52. The Morgan fingerprint density at radius 3 is 2.55 bits per heavy atom. The molecule has 6 nitrogen and oxygen atoms in total. The molecule has 158 valence electrons. The van der Waals surface area contributed by atoms with E-state index in [-0.39, 0.29) is 5.75 Å². The maximum absolute atomic E-state index is 13.8. The van der Waals surface area contributed by atoms with E-state index in [4.69, 9.17) is 4.42 Å². The molecule has 0 fully saturated rings. The van der Waals surface area contributed by atoms with Gasteiger partial charge in [-0.2, -0.15) is 0 Å². The molecule has 0 aliphatic rings. The van der Waals surface area contributed by atoms with Gasteiger partial charge in [0.15, 0.2) is 28.4 Å². The molecule has 0 radical (unpaired) electrons. The highest BCUT2D eigenvalue weighted by Gasteiger charge is 2.19. The third-order valence-electron chi connectivity index (χ3n) is 4.28. The lowest BCUT2D eigenvalue weighted by Crippen LogP contribution is -2.16. The van der Waals surface area contributed by atoms with Crippen LogP contribution in [0.3, 0.4) is 0 Å². The zero-order chi connectivity index (χ0) is 21.8. The monoisotopic (exact) mass is 444 g/mol. The van der Waals surface area contributed by atoms with Crippen LogP contribution in [0.1, 0.15) is 5.56 Å². The molecular formula is C21H15F3N4O2S. The minimum absolute atomic E-state index is 0.149. The number of rotatable bonds is 7. The summed E-state index contributed by atoms with van der Waals surface area (Å²) in [7, 11) is 0. The van der Waals surface area contributed by atoms with Crippen LogP contribution in [0.15, 0.2) is 70.4 Å². The number of halogens is 3. The molecule has 4 aromatic rings. The molecule has 0 atom stereocenters. The summed E-state index contributed by atoms with van der Waals surface area (Å²) in [5, 5.41) is 11.0. The van der Waals surface area contributed by atoms with E-state index in [1.807, 2.05) is 30.3 Å². The number of carbonyl (C=O) groups is 1. The second-order valence-corrected chi connectivity index (χ2v) is 7.36. The first-order chi connectivity index (χ1) is 15.0. The molecule has 10 heteroatoms. The molecule has 0 spiro atoms. The summed E-state index contributed by atoms with van der Waals surface area (Å²) in [5.41, 5.74) is 0.553. The quantitative estimate of drug-likeness (QED) is 0.329.